The van der Waals surface area contributed by atoms with Gasteiger partial charge in [0.1, 0.15) is 11.9 Å². The molecule has 0 bridgehead atoms. The Morgan fingerprint density at radius 1 is 1.33 bits per heavy atom. The van der Waals surface area contributed by atoms with Gasteiger partial charge in [0.2, 0.25) is 0 Å². The number of rotatable bonds is 1. The van der Waals surface area contributed by atoms with Crippen LogP contribution in [0.5, 0.6) is 5.75 Å². The Bertz CT molecular complexity index is 424. The van der Waals surface area contributed by atoms with Crippen LogP contribution < -0.4 is 4.74 Å². The Labute approximate surface area is 96.8 Å². The number of carbonyl (C=O) groups excluding carboxylic acids is 1. The third kappa shape index (κ3) is 1.69. The minimum Gasteiger partial charge on any atom is -0.489 e. The van der Waals surface area contributed by atoms with Crippen LogP contribution in [0.3, 0.4) is 0 Å². The first-order valence-corrected chi connectivity index (χ1v) is 6.03. The number of ketones is 1. The zero-order chi connectivity index (χ0) is 10.4. The molecule has 0 radical (unpaired) electrons. The van der Waals surface area contributed by atoms with Gasteiger partial charge in [-0.1, -0.05) is 15.9 Å². The van der Waals surface area contributed by atoms with Gasteiger partial charge in [-0.05, 0) is 37.0 Å². The normalized spacial score (nSPS) is 24.6. The number of Topliss-reactive ketones (excluding diaryl/α,β-unsaturated/α-hetero) is 1. The molecule has 78 valence electrons. The smallest absolute Gasteiger partial charge is 0.170 e. The van der Waals surface area contributed by atoms with Gasteiger partial charge in [-0.15, -0.1) is 0 Å². The highest BCUT2D eigenvalue weighted by molar-refractivity contribution is 9.10. The lowest BCUT2D eigenvalue weighted by molar-refractivity contribution is 0.0819. The van der Waals surface area contributed by atoms with Gasteiger partial charge in [-0.2, -0.15) is 0 Å². The van der Waals surface area contributed by atoms with Gasteiger partial charge >= 0.3 is 0 Å². The van der Waals surface area contributed by atoms with Crippen LogP contribution in [0.2, 0.25) is 0 Å². The zero-order valence-corrected chi connectivity index (χ0v) is 9.79. The van der Waals surface area contributed by atoms with Crippen molar-refractivity contribution in [3.8, 4) is 5.75 Å². The minimum atomic E-state index is 0.131. The van der Waals surface area contributed by atoms with Crippen molar-refractivity contribution in [1.29, 1.82) is 0 Å². The van der Waals surface area contributed by atoms with E-state index in [0.29, 0.717) is 12.3 Å². The zero-order valence-electron chi connectivity index (χ0n) is 8.20. The van der Waals surface area contributed by atoms with Crippen molar-refractivity contribution in [3.63, 3.8) is 0 Å². The summed E-state index contributed by atoms with van der Waals surface area (Å²) in [5.41, 5.74) is 0.723. The topological polar surface area (TPSA) is 26.3 Å². The summed E-state index contributed by atoms with van der Waals surface area (Å²) in [6.45, 7) is 0. The van der Waals surface area contributed by atoms with E-state index in [2.05, 4.69) is 15.9 Å². The maximum absolute atomic E-state index is 11.9. The van der Waals surface area contributed by atoms with Crippen LogP contribution in [-0.2, 0) is 0 Å². The number of hydrogen-bond donors (Lipinski definition) is 0. The van der Waals surface area contributed by atoms with Crippen molar-refractivity contribution in [2.45, 2.75) is 25.4 Å². The average Bonchev–Trinajstić information content (AvgIpc) is 3.02. The lowest BCUT2D eigenvalue weighted by Crippen LogP contribution is -2.28. The Hall–Kier alpha value is -0.830. The van der Waals surface area contributed by atoms with Crippen LogP contribution in [0.1, 0.15) is 29.6 Å². The number of benzene rings is 1. The lowest BCUT2D eigenvalue weighted by Gasteiger charge is -2.25. The van der Waals surface area contributed by atoms with E-state index in [9.17, 15) is 4.79 Å². The van der Waals surface area contributed by atoms with Crippen molar-refractivity contribution in [2.24, 2.45) is 5.92 Å². The Kier molecular flexibility index (Phi) is 2.09. The van der Waals surface area contributed by atoms with E-state index in [1.807, 2.05) is 18.2 Å². The molecule has 1 aromatic rings. The standard InChI is InChI=1S/C12H11BrO2/c13-8-3-4-11-9(5-8)10(14)6-12(15-11)7-1-2-7/h3-5,7,12H,1-2,6H2/t12-/m1/s1. The lowest BCUT2D eigenvalue weighted by atomic mass is 9.98. The predicted octanol–water partition coefficient (Wildman–Crippen LogP) is 3.19. The summed E-state index contributed by atoms with van der Waals surface area (Å²) in [6.07, 6.45) is 3.10. The second-order valence-electron chi connectivity index (χ2n) is 4.26. The molecule has 0 amide bonds. The maximum atomic E-state index is 11.9. The van der Waals surface area contributed by atoms with Gasteiger partial charge in [-0.25, -0.2) is 0 Å². The van der Waals surface area contributed by atoms with Crippen LogP contribution in [0.15, 0.2) is 22.7 Å². The molecular weight excluding hydrogens is 256 g/mol. The van der Waals surface area contributed by atoms with Crippen molar-refractivity contribution < 1.29 is 9.53 Å². The third-order valence-electron chi connectivity index (χ3n) is 3.05. The molecule has 1 aromatic carbocycles. The molecule has 0 unspecified atom stereocenters. The highest BCUT2D eigenvalue weighted by Crippen LogP contribution is 2.40. The monoisotopic (exact) mass is 266 g/mol. The molecule has 1 aliphatic carbocycles. The molecule has 1 fully saturated rings. The van der Waals surface area contributed by atoms with Crippen LogP contribution in [-0.4, -0.2) is 11.9 Å². The third-order valence-corrected chi connectivity index (χ3v) is 3.55. The minimum absolute atomic E-state index is 0.131. The first-order valence-electron chi connectivity index (χ1n) is 5.23. The van der Waals surface area contributed by atoms with Gasteiger partial charge in [0, 0.05) is 10.9 Å². The Morgan fingerprint density at radius 2 is 2.13 bits per heavy atom. The largest absolute Gasteiger partial charge is 0.489 e. The molecule has 1 aliphatic heterocycles. The predicted molar refractivity (Wildman–Crippen MR) is 60.2 cm³/mol. The molecule has 1 saturated carbocycles. The van der Waals surface area contributed by atoms with Crippen molar-refractivity contribution >= 4 is 21.7 Å². The quantitative estimate of drug-likeness (QED) is 0.781. The summed E-state index contributed by atoms with van der Waals surface area (Å²) >= 11 is 3.37. The summed E-state index contributed by atoms with van der Waals surface area (Å²) in [6, 6.07) is 5.65. The van der Waals surface area contributed by atoms with Crippen LogP contribution >= 0.6 is 15.9 Å². The molecule has 1 atom stereocenters. The number of ether oxygens (including phenoxy) is 1. The summed E-state index contributed by atoms with van der Waals surface area (Å²) in [5, 5.41) is 0. The van der Waals surface area contributed by atoms with E-state index in [4.69, 9.17) is 4.74 Å². The van der Waals surface area contributed by atoms with Gasteiger partial charge in [-0.3, -0.25) is 4.79 Å². The van der Waals surface area contributed by atoms with E-state index in [0.717, 1.165) is 15.8 Å². The van der Waals surface area contributed by atoms with Gasteiger partial charge in [0.25, 0.3) is 0 Å². The van der Waals surface area contributed by atoms with Crippen LogP contribution in [0.25, 0.3) is 0 Å². The van der Waals surface area contributed by atoms with Crippen LogP contribution in [0, 0.1) is 5.92 Å². The molecule has 2 aliphatic rings. The first-order chi connectivity index (χ1) is 7.24. The molecule has 2 nitrogen and oxygen atoms in total. The Balaban J connectivity index is 1.96. The molecule has 3 rings (SSSR count). The fraction of sp³-hybridized carbons (Fsp3) is 0.417. The van der Waals surface area contributed by atoms with E-state index < -0.39 is 0 Å². The number of halogens is 1. The van der Waals surface area contributed by atoms with E-state index in [-0.39, 0.29) is 11.9 Å². The van der Waals surface area contributed by atoms with E-state index in [1.165, 1.54) is 12.8 Å². The molecule has 0 aromatic heterocycles. The van der Waals surface area contributed by atoms with Crippen molar-refractivity contribution in [1.82, 2.24) is 0 Å². The SMILES string of the molecule is O=C1C[C@H](C2CC2)Oc2ccc(Br)cc21. The second-order valence-corrected chi connectivity index (χ2v) is 5.18. The van der Waals surface area contributed by atoms with E-state index >= 15 is 0 Å². The highest BCUT2D eigenvalue weighted by atomic mass is 79.9. The molecule has 0 spiro atoms. The summed E-state index contributed by atoms with van der Waals surface area (Å²) in [7, 11) is 0. The molecule has 3 heteroatoms. The van der Waals surface area contributed by atoms with E-state index in [1.54, 1.807) is 0 Å². The second kappa shape index (κ2) is 3.34. The molecule has 15 heavy (non-hydrogen) atoms. The van der Waals surface area contributed by atoms with Crippen molar-refractivity contribution in [3.05, 3.63) is 28.2 Å². The number of hydrogen-bond acceptors (Lipinski definition) is 2. The summed E-state index contributed by atoms with van der Waals surface area (Å²) < 4.78 is 6.77. The van der Waals surface area contributed by atoms with Crippen LogP contribution in [0.4, 0.5) is 0 Å². The molecule has 0 N–H and O–H groups in total. The van der Waals surface area contributed by atoms with Gasteiger partial charge in [0.15, 0.2) is 5.78 Å². The van der Waals surface area contributed by atoms with Crippen molar-refractivity contribution in [2.75, 3.05) is 0 Å². The fourth-order valence-electron chi connectivity index (χ4n) is 2.05. The summed E-state index contributed by atoms with van der Waals surface area (Å²) in [5.74, 6) is 1.59. The molecule has 1 heterocycles. The van der Waals surface area contributed by atoms with Gasteiger partial charge in [0.05, 0.1) is 5.56 Å². The number of fused-ring (bicyclic) bond motifs is 1. The fourth-order valence-corrected chi connectivity index (χ4v) is 2.41. The number of carbonyl (C=O) groups is 1. The first kappa shape index (κ1) is 9.40. The molecule has 0 saturated heterocycles. The maximum Gasteiger partial charge on any atom is 0.170 e. The van der Waals surface area contributed by atoms with Gasteiger partial charge < -0.3 is 4.74 Å². The highest BCUT2D eigenvalue weighted by Gasteiger charge is 2.38. The average molecular weight is 267 g/mol. The molecular formula is C12H11BrO2. The Morgan fingerprint density at radius 3 is 2.87 bits per heavy atom. The summed E-state index contributed by atoms with van der Waals surface area (Å²) in [4.78, 5) is 11.9.